The van der Waals surface area contributed by atoms with Crippen molar-refractivity contribution in [3.8, 4) is 33.4 Å². The van der Waals surface area contributed by atoms with Crippen molar-refractivity contribution in [3.63, 3.8) is 0 Å². The Morgan fingerprint density at radius 1 is 1.04 bits per heavy atom. The summed E-state index contributed by atoms with van der Waals surface area (Å²) in [6.45, 7) is 0. The molecule has 2 heterocycles. The summed E-state index contributed by atoms with van der Waals surface area (Å²) in [6.07, 6.45) is 2.52. The average molecular weight is 361 g/mol. The maximum absolute atomic E-state index is 11.5. The van der Waals surface area contributed by atoms with Crippen molar-refractivity contribution in [2.75, 3.05) is 7.11 Å². The molecule has 6 heteroatoms. The Balaban J connectivity index is 1.71. The van der Waals surface area contributed by atoms with E-state index in [9.17, 15) is 4.79 Å². The number of benzene rings is 2. The monoisotopic (exact) mass is 361 g/mol. The highest BCUT2D eigenvalue weighted by Gasteiger charge is 2.14. The van der Waals surface area contributed by atoms with Gasteiger partial charge in [-0.2, -0.15) is 5.10 Å². The third-order valence-corrected chi connectivity index (χ3v) is 4.82. The molecule has 2 aromatic carbocycles. The Hall–Kier alpha value is -3.25. The topological polar surface area (TPSA) is 57.0 Å². The molecule has 0 atom stereocenters. The molecular formula is C20H15N3O2S. The van der Waals surface area contributed by atoms with E-state index in [4.69, 9.17) is 4.74 Å². The minimum absolute atomic E-state index is 0.520. The number of carbonyl (C=O) groups is 1. The van der Waals surface area contributed by atoms with E-state index < -0.39 is 0 Å². The Kier molecular flexibility index (Phi) is 4.33. The van der Waals surface area contributed by atoms with E-state index in [-0.39, 0.29) is 0 Å². The molecule has 0 spiro atoms. The highest BCUT2D eigenvalue weighted by Crippen LogP contribution is 2.27. The first kappa shape index (κ1) is 16.2. The fourth-order valence-electron chi connectivity index (χ4n) is 2.66. The number of carbonyl (C=O) groups excluding carboxylic acids is 1. The summed E-state index contributed by atoms with van der Waals surface area (Å²) in [5.74, 6) is 0.758. The molecule has 26 heavy (non-hydrogen) atoms. The van der Waals surface area contributed by atoms with E-state index in [1.54, 1.807) is 18.0 Å². The first-order chi connectivity index (χ1) is 12.8. The van der Waals surface area contributed by atoms with E-state index in [1.165, 1.54) is 11.3 Å². The summed E-state index contributed by atoms with van der Waals surface area (Å²) in [5.41, 5.74) is 3.94. The zero-order valence-electron chi connectivity index (χ0n) is 14.0. The lowest BCUT2D eigenvalue weighted by molar-refractivity contribution is 0.112. The van der Waals surface area contributed by atoms with Crippen LogP contribution in [0.25, 0.3) is 27.6 Å². The van der Waals surface area contributed by atoms with E-state index in [2.05, 4.69) is 10.1 Å². The maximum Gasteiger partial charge on any atom is 0.210 e. The predicted molar refractivity (Wildman–Crippen MR) is 102 cm³/mol. The van der Waals surface area contributed by atoms with Crippen molar-refractivity contribution in [2.45, 2.75) is 0 Å². The Labute approximate surface area is 154 Å². The molecule has 0 unspecified atom stereocenters. The van der Waals surface area contributed by atoms with Crippen molar-refractivity contribution in [1.29, 1.82) is 0 Å². The van der Waals surface area contributed by atoms with Crippen LogP contribution in [-0.4, -0.2) is 28.2 Å². The second-order valence-electron chi connectivity index (χ2n) is 5.61. The molecule has 0 aliphatic rings. The van der Waals surface area contributed by atoms with Crippen molar-refractivity contribution < 1.29 is 9.53 Å². The number of methoxy groups -OCH3 is 1. The van der Waals surface area contributed by atoms with Gasteiger partial charge < -0.3 is 4.74 Å². The lowest BCUT2D eigenvalue weighted by Gasteiger charge is -2.01. The van der Waals surface area contributed by atoms with E-state index in [1.807, 2.05) is 60.0 Å². The number of aromatic nitrogens is 3. The molecule has 5 nitrogen and oxygen atoms in total. The molecule has 0 saturated heterocycles. The predicted octanol–water partition coefficient (Wildman–Crippen LogP) is 4.48. The highest BCUT2D eigenvalue weighted by atomic mass is 32.1. The van der Waals surface area contributed by atoms with Crippen LogP contribution in [0, 0.1) is 0 Å². The summed E-state index contributed by atoms with van der Waals surface area (Å²) < 4.78 is 6.83. The molecule has 0 aliphatic carbocycles. The van der Waals surface area contributed by atoms with Crippen LogP contribution in [0.4, 0.5) is 0 Å². The quantitative estimate of drug-likeness (QED) is 0.492. The molecule has 128 valence electrons. The van der Waals surface area contributed by atoms with Gasteiger partial charge in [0.1, 0.15) is 11.4 Å². The molecule has 0 fully saturated rings. The fraction of sp³-hybridized carbons (Fsp3) is 0.0500. The highest BCUT2D eigenvalue weighted by molar-refractivity contribution is 7.12. The standard InChI is InChI=1S/C20H15N3O2S/c1-25-17-9-7-15(8-10-17)19-16(12-24)11-23(22-19)20-21-18(13-26-20)14-5-3-2-4-6-14/h2-13H,1H3. The molecule has 0 bridgehead atoms. The summed E-state index contributed by atoms with van der Waals surface area (Å²) in [6, 6.07) is 17.4. The fourth-order valence-corrected chi connectivity index (χ4v) is 3.41. The third-order valence-electron chi connectivity index (χ3n) is 3.99. The maximum atomic E-state index is 11.5. The molecule has 0 aliphatic heterocycles. The molecule has 0 N–H and O–H groups in total. The molecule has 0 amide bonds. The SMILES string of the molecule is COc1ccc(-c2nn(-c3nc(-c4ccccc4)cs3)cc2C=O)cc1. The van der Waals surface area contributed by atoms with Crippen molar-refractivity contribution in [1.82, 2.24) is 14.8 Å². The smallest absolute Gasteiger partial charge is 0.210 e. The molecule has 4 rings (SSSR count). The summed E-state index contributed by atoms with van der Waals surface area (Å²) in [7, 11) is 1.62. The van der Waals surface area contributed by atoms with Gasteiger partial charge in [0.15, 0.2) is 6.29 Å². The zero-order valence-corrected chi connectivity index (χ0v) is 14.8. The molecule has 0 radical (unpaired) electrons. The van der Waals surface area contributed by atoms with E-state index >= 15 is 0 Å². The van der Waals surface area contributed by atoms with Gasteiger partial charge >= 0.3 is 0 Å². The van der Waals surface area contributed by atoms with Crippen LogP contribution in [-0.2, 0) is 0 Å². The summed E-state index contributed by atoms with van der Waals surface area (Å²) >= 11 is 1.48. The number of hydrogen-bond acceptors (Lipinski definition) is 5. The third kappa shape index (κ3) is 3.02. The molecule has 4 aromatic rings. The van der Waals surface area contributed by atoms with Gasteiger partial charge in [0.05, 0.1) is 18.4 Å². The van der Waals surface area contributed by atoms with Gasteiger partial charge in [0, 0.05) is 22.7 Å². The van der Waals surface area contributed by atoms with Crippen LogP contribution in [0.1, 0.15) is 10.4 Å². The zero-order chi connectivity index (χ0) is 17.9. The lowest BCUT2D eigenvalue weighted by Crippen LogP contribution is -1.94. The first-order valence-electron chi connectivity index (χ1n) is 7.99. The Morgan fingerprint density at radius 3 is 2.50 bits per heavy atom. The van der Waals surface area contributed by atoms with Crippen LogP contribution < -0.4 is 4.74 Å². The largest absolute Gasteiger partial charge is 0.497 e. The minimum atomic E-state index is 0.520. The number of thiazole rings is 1. The van der Waals surface area contributed by atoms with Crippen molar-refractivity contribution >= 4 is 17.6 Å². The summed E-state index contributed by atoms with van der Waals surface area (Å²) in [4.78, 5) is 16.1. The first-order valence-corrected chi connectivity index (χ1v) is 8.87. The Bertz CT molecular complexity index is 1040. The van der Waals surface area contributed by atoms with Gasteiger partial charge in [-0.1, -0.05) is 30.3 Å². The van der Waals surface area contributed by atoms with Crippen molar-refractivity contribution in [2.24, 2.45) is 0 Å². The number of hydrogen-bond donors (Lipinski definition) is 0. The average Bonchev–Trinajstić information content (AvgIpc) is 3.36. The summed E-state index contributed by atoms with van der Waals surface area (Å²) in [5, 5.41) is 7.28. The lowest BCUT2D eigenvalue weighted by atomic mass is 10.1. The van der Waals surface area contributed by atoms with Gasteiger partial charge in [0.2, 0.25) is 5.13 Å². The van der Waals surface area contributed by atoms with Gasteiger partial charge in [-0.05, 0) is 24.3 Å². The van der Waals surface area contributed by atoms with Crippen LogP contribution >= 0.6 is 11.3 Å². The number of rotatable bonds is 5. The van der Waals surface area contributed by atoms with Gasteiger partial charge in [0.25, 0.3) is 0 Å². The van der Waals surface area contributed by atoms with E-state index in [0.29, 0.717) is 16.4 Å². The van der Waals surface area contributed by atoms with Crippen LogP contribution in [0.3, 0.4) is 0 Å². The second kappa shape index (κ2) is 6.93. The van der Waals surface area contributed by atoms with Gasteiger partial charge in [-0.15, -0.1) is 11.3 Å². The minimum Gasteiger partial charge on any atom is -0.497 e. The Morgan fingerprint density at radius 2 is 1.81 bits per heavy atom. The van der Waals surface area contributed by atoms with Crippen molar-refractivity contribution in [3.05, 3.63) is 71.7 Å². The van der Waals surface area contributed by atoms with Crippen LogP contribution in [0.15, 0.2) is 66.2 Å². The molecule has 0 saturated carbocycles. The number of nitrogens with zero attached hydrogens (tertiary/aromatic N) is 3. The second-order valence-corrected chi connectivity index (χ2v) is 6.44. The number of ether oxygens (including phenoxy) is 1. The van der Waals surface area contributed by atoms with Gasteiger partial charge in [-0.25, -0.2) is 9.67 Å². The van der Waals surface area contributed by atoms with Crippen LogP contribution in [0.5, 0.6) is 5.75 Å². The molecular weight excluding hydrogens is 346 g/mol. The van der Waals surface area contributed by atoms with E-state index in [0.717, 1.165) is 28.9 Å². The van der Waals surface area contributed by atoms with Gasteiger partial charge in [-0.3, -0.25) is 4.79 Å². The number of aldehydes is 1. The molecule has 2 aromatic heterocycles. The van der Waals surface area contributed by atoms with Crippen LogP contribution in [0.2, 0.25) is 0 Å². The normalized spacial score (nSPS) is 10.7.